The minimum Gasteiger partial charge on any atom is -0.495 e. The highest BCUT2D eigenvalue weighted by Gasteiger charge is 2.29. The van der Waals surface area contributed by atoms with Gasteiger partial charge in [0.25, 0.3) is 5.91 Å². The second-order valence-corrected chi connectivity index (χ2v) is 6.12. The molecule has 1 aromatic carbocycles. The summed E-state index contributed by atoms with van der Waals surface area (Å²) in [6.45, 7) is 3.25. The van der Waals surface area contributed by atoms with Gasteiger partial charge in [-0.3, -0.25) is 4.79 Å². The van der Waals surface area contributed by atoms with E-state index in [0.717, 1.165) is 25.4 Å². The predicted octanol–water partition coefficient (Wildman–Crippen LogP) is 1.49. The minimum absolute atomic E-state index is 0.0495. The normalized spacial score (nSPS) is 22.2. The molecule has 1 amide bonds. The molecule has 0 aromatic heterocycles. The Hall–Kier alpha value is -1.75. The lowest BCUT2D eigenvalue weighted by Gasteiger charge is -2.16. The van der Waals surface area contributed by atoms with Gasteiger partial charge in [-0.05, 0) is 43.4 Å². The standard InChI is InChI=1S/C16H23N3O2/c1-21-15-8-12(4-5-14(15)17)16(20)18-13-6-7-19(10-13)9-11-2-3-11/h4-5,8,11,13H,2-3,6-7,9-10,17H2,1H3,(H,18,20)/t13-/m0/s1. The first kappa shape index (κ1) is 14.2. The fourth-order valence-corrected chi connectivity index (χ4v) is 2.90. The molecule has 1 aliphatic heterocycles. The zero-order chi connectivity index (χ0) is 14.8. The summed E-state index contributed by atoms with van der Waals surface area (Å²) in [4.78, 5) is 14.8. The van der Waals surface area contributed by atoms with Crippen molar-refractivity contribution in [3.8, 4) is 5.75 Å². The number of rotatable bonds is 5. The van der Waals surface area contributed by atoms with Gasteiger partial charge in [-0.1, -0.05) is 0 Å². The monoisotopic (exact) mass is 289 g/mol. The van der Waals surface area contributed by atoms with Crippen molar-refractivity contribution >= 4 is 11.6 Å². The van der Waals surface area contributed by atoms with Crippen LogP contribution in [0, 0.1) is 5.92 Å². The summed E-state index contributed by atoms with van der Waals surface area (Å²) in [7, 11) is 1.56. The summed E-state index contributed by atoms with van der Waals surface area (Å²) in [5.74, 6) is 1.40. The van der Waals surface area contributed by atoms with Crippen LogP contribution in [-0.2, 0) is 0 Å². The highest BCUT2D eigenvalue weighted by atomic mass is 16.5. The van der Waals surface area contributed by atoms with Crippen molar-refractivity contribution in [2.45, 2.75) is 25.3 Å². The van der Waals surface area contributed by atoms with E-state index in [1.54, 1.807) is 25.3 Å². The molecule has 114 valence electrons. The molecule has 1 saturated heterocycles. The third-order valence-corrected chi connectivity index (χ3v) is 4.32. The number of nitrogens with two attached hydrogens (primary N) is 1. The molecule has 21 heavy (non-hydrogen) atoms. The van der Waals surface area contributed by atoms with E-state index < -0.39 is 0 Å². The Morgan fingerprint density at radius 3 is 2.95 bits per heavy atom. The topological polar surface area (TPSA) is 67.6 Å². The fourth-order valence-electron chi connectivity index (χ4n) is 2.90. The molecule has 2 fully saturated rings. The predicted molar refractivity (Wildman–Crippen MR) is 82.4 cm³/mol. The number of likely N-dealkylation sites (tertiary alicyclic amines) is 1. The van der Waals surface area contributed by atoms with E-state index >= 15 is 0 Å². The first-order valence-electron chi connectivity index (χ1n) is 7.62. The van der Waals surface area contributed by atoms with Crippen LogP contribution in [0.15, 0.2) is 18.2 Å². The Kier molecular flexibility index (Phi) is 4.01. The molecule has 3 rings (SSSR count). The SMILES string of the molecule is COc1cc(C(=O)N[C@H]2CCN(CC3CC3)C2)ccc1N. The van der Waals surface area contributed by atoms with Crippen LogP contribution in [0.4, 0.5) is 5.69 Å². The summed E-state index contributed by atoms with van der Waals surface area (Å²) in [5.41, 5.74) is 6.92. The van der Waals surface area contributed by atoms with Gasteiger partial charge in [-0.25, -0.2) is 0 Å². The molecule has 0 unspecified atom stereocenters. The number of nitrogen functional groups attached to an aromatic ring is 1. The lowest BCUT2D eigenvalue weighted by Crippen LogP contribution is -2.37. The van der Waals surface area contributed by atoms with E-state index in [-0.39, 0.29) is 11.9 Å². The average molecular weight is 289 g/mol. The van der Waals surface area contributed by atoms with Gasteiger partial charge in [0.1, 0.15) is 5.75 Å². The molecule has 3 N–H and O–H groups in total. The molecule has 1 heterocycles. The van der Waals surface area contributed by atoms with Gasteiger partial charge in [0.05, 0.1) is 12.8 Å². The number of anilines is 1. The van der Waals surface area contributed by atoms with Gasteiger partial charge in [-0.15, -0.1) is 0 Å². The molecule has 0 bridgehead atoms. The zero-order valence-corrected chi connectivity index (χ0v) is 12.5. The third-order valence-electron chi connectivity index (χ3n) is 4.32. The van der Waals surface area contributed by atoms with Crippen molar-refractivity contribution in [1.82, 2.24) is 10.2 Å². The summed E-state index contributed by atoms with van der Waals surface area (Å²) in [6.07, 6.45) is 3.78. The second-order valence-electron chi connectivity index (χ2n) is 6.12. The first-order chi connectivity index (χ1) is 10.2. The Morgan fingerprint density at radius 2 is 2.24 bits per heavy atom. The average Bonchev–Trinajstić information content (AvgIpc) is 3.18. The van der Waals surface area contributed by atoms with Crippen LogP contribution < -0.4 is 15.8 Å². The summed E-state index contributed by atoms with van der Waals surface area (Å²) in [5, 5.41) is 3.11. The maximum absolute atomic E-state index is 12.3. The van der Waals surface area contributed by atoms with Crippen LogP contribution in [-0.4, -0.2) is 43.6 Å². The van der Waals surface area contributed by atoms with Crippen LogP contribution in [0.2, 0.25) is 0 Å². The van der Waals surface area contributed by atoms with E-state index in [2.05, 4.69) is 10.2 Å². The van der Waals surface area contributed by atoms with Crippen molar-refractivity contribution in [1.29, 1.82) is 0 Å². The van der Waals surface area contributed by atoms with E-state index in [4.69, 9.17) is 10.5 Å². The lowest BCUT2D eigenvalue weighted by atomic mass is 10.1. The molecule has 1 atom stereocenters. The number of hydrogen-bond donors (Lipinski definition) is 2. The molecule has 5 heteroatoms. The van der Waals surface area contributed by atoms with Crippen molar-refractivity contribution in [2.75, 3.05) is 32.5 Å². The van der Waals surface area contributed by atoms with Crippen molar-refractivity contribution in [3.63, 3.8) is 0 Å². The van der Waals surface area contributed by atoms with Crippen molar-refractivity contribution in [3.05, 3.63) is 23.8 Å². The number of benzene rings is 1. The number of nitrogens with zero attached hydrogens (tertiary/aromatic N) is 1. The smallest absolute Gasteiger partial charge is 0.251 e. The molecule has 2 aliphatic rings. The first-order valence-corrected chi connectivity index (χ1v) is 7.62. The van der Waals surface area contributed by atoms with Gasteiger partial charge in [0, 0.05) is 31.2 Å². The Morgan fingerprint density at radius 1 is 1.43 bits per heavy atom. The quantitative estimate of drug-likeness (QED) is 0.806. The molecule has 0 spiro atoms. The fraction of sp³-hybridized carbons (Fsp3) is 0.562. The molecule has 1 aliphatic carbocycles. The van der Waals surface area contributed by atoms with Crippen LogP contribution in [0.25, 0.3) is 0 Å². The summed E-state index contributed by atoms with van der Waals surface area (Å²) < 4.78 is 5.16. The van der Waals surface area contributed by atoms with Crippen molar-refractivity contribution in [2.24, 2.45) is 5.92 Å². The highest BCUT2D eigenvalue weighted by molar-refractivity contribution is 5.95. The van der Waals surface area contributed by atoms with Gasteiger partial charge in [0.2, 0.25) is 0 Å². The van der Waals surface area contributed by atoms with Gasteiger partial charge < -0.3 is 20.7 Å². The number of carbonyl (C=O) groups is 1. The van der Waals surface area contributed by atoms with Crippen molar-refractivity contribution < 1.29 is 9.53 Å². The molecular weight excluding hydrogens is 266 g/mol. The molecule has 1 aromatic rings. The highest BCUT2D eigenvalue weighted by Crippen LogP contribution is 2.30. The Balaban J connectivity index is 1.56. The van der Waals surface area contributed by atoms with Gasteiger partial charge in [-0.2, -0.15) is 0 Å². The number of amides is 1. The van der Waals surface area contributed by atoms with E-state index in [9.17, 15) is 4.79 Å². The second kappa shape index (κ2) is 5.93. The summed E-state index contributed by atoms with van der Waals surface area (Å²) >= 11 is 0. The van der Waals surface area contributed by atoms with Gasteiger partial charge in [0.15, 0.2) is 0 Å². The maximum Gasteiger partial charge on any atom is 0.251 e. The largest absolute Gasteiger partial charge is 0.495 e. The minimum atomic E-state index is -0.0495. The number of nitrogens with one attached hydrogen (secondary N) is 1. The number of methoxy groups -OCH3 is 1. The molecule has 0 radical (unpaired) electrons. The zero-order valence-electron chi connectivity index (χ0n) is 12.5. The van der Waals surface area contributed by atoms with Crippen LogP contribution in [0.3, 0.4) is 0 Å². The number of hydrogen-bond acceptors (Lipinski definition) is 4. The van der Waals surface area contributed by atoms with E-state index in [0.29, 0.717) is 17.0 Å². The van der Waals surface area contributed by atoms with E-state index in [1.807, 2.05) is 0 Å². The van der Waals surface area contributed by atoms with E-state index in [1.165, 1.54) is 19.4 Å². The summed E-state index contributed by atoms with van der Waals surface area (Å²) in [6, 6.07) is 5.40. The lowest BCUT2D eigenvalue weighted by molar-refractivity contribution is 0.0937. The van der Waals surface area contributed by atoms with Crippen LogP contribution >= 0.6 is 0 Å². The molecule has 5 nitrogen and oxygen atoms in total. The van der Waals surface area contributed by atoms with Gasteiger partial charge >= 0.3 is 0 Å². The number of ether oxygens (including phenoxy) is 1. The third kappa shape index (κ3) is 3.47. The maximum atomic E-state index is 12.3. The number of carbonyl (C=O) groups excluding carboxylic acids is 1. The van der Waals surface area contributed by atoms with Crippen LogP contribution in [0.1, 0.15) is 29.6 Å². The molecule has 1 saturated carbocycles. The molecular formula is C16H23N3O2. The Labute approximate surface area is 125 Å². The van der Waals surface area contributed by atoms with Crippen LogP contribution in [0.5, 0.6) is 5.75 Å². The Bertz CT molecular complexity index is 528.